The molecule has 33 heavy (non-hydrogen) atoms. The largest absolute Gasteiger partial charge is 0.497 e. The highest BCUT2D eigenvalue weighted by Crippen LogP contribution is 2.43. The van der Waals surface area contributed by atoms with Crippen LogP contribution in [-0.2, 0) is 4.79 Å². The molecule has 0 saturated carbocycles. The van der Waals surface area contributed by atoms with Crippen molar-refractivity contribution in [1.29, 1.82) is 0 Å². The monoisotopic (exact) mass is 447 g/mol. The van der Waals surface area contributed by atoms with E-state index in [1.165, 1.54) is 0 Å². The van der Waals surface area contributed by atoms with Gasteiger partial charge in [-0.1, -0.05) is 12.1 Å². The topological polar surface area (TPSA) is 111 Å². The fourth-order valence-corrected chi connectivity index (χ4v) is 4.43. The number of aromatic nitrogens is 2. The number of aliphatic hydroxyl groups is 1. The van der Waals surface area contributed by atoms with Crippen LogP contribution in [0.5, 0.6) is 5.75 Å². The number of ether oxygens (including phenoxy) is 1. The molecule has 0 spiro atoms. The van der Waals surface area contributed by atoms with Crippen molar-refractivity contribution in [2.45, 2.75) is 0 Å². The number of anilines is 1. The number of nitrogens with zero attached hydrogens (tertiary/aromatic N) is 3. The minimum atomic E-state index is -0.169. The van der Waals surface area contributed by atoms with Crippen molar-refractivity contribution in [3.63, 3.8) is 0 Å². The Kier molecular flexibility index (Phi) is 5.67. The summed E-state index contributed by atoms with van der Waals surface area (Å²) in [6, 6.07) is 12.8. The third-order valence-corrected chi connectivity index (χ3v) is 6.22. The van der Waals surface area contributed by atoms with Crippen LogP contribution in [0.2, 0.25) is 0 Å². The van der Waals surface area contributed by atoms with Gasteiger partial charge in [-0.15, -0.1) is 0 Å². The number of hydrogen-bond acceptors (Lipinski definition) is 7. The van der Waals surface area contributed by atoms with Crippen molar-refractivity contribution < 1.29 is 19.4 Å². The lowest BCUT2D eigenvalue weighted by atomic mass is 10.0. The molecular formula is C24H25N5O4. The van der Waals surface area contributed by atoms with Crippen LogP contribution in [0.4, 0.5) is 5.69 Å². The van der Waals surface area contributed by atoms with Crippen LogP contribution >= 0.6 is 0 Å². The number of amides is 1. The molecule has 0 atom stereocenters. The van der Waals surface area contributed by atoms with E-state index in [1.54, 1.807) is 13.2 Å². The van der Waals surface area contributed by atoms with Gasteiger partial charge in [-0.3, -0.25) is 24.5 Å². The van der Waals surface area contributed by atoms with E-state index in [9.17, 15) is 14.7 Å². The number of benzene rings is 2. The SMILES string of the molecule is COc1ccc(-c2n[nH]c3c2C(=O)c2c(NC(=O)CN4CCN(CO)CC4)cccc2-3)cc1. The van der Waals surface area contributed by atoms with Gasteiger partial charge in [-0.25, -0.2) is 0 Å². The van der Waals surface area contributed by atoms with E-state index >= 15 is 0 Å². The quantitative estimate of drug-likeness (QED) is 0.413. The summed E-state index contributed by atoms with van der Waals surface area (Å²) in [5.41, 5.74) is 4.27. The minimum absolute atomic E-state index is 0.0336. The number of piperazine rings is 1. The molecule has 1 aliphatic heterocycles. The first kappa shape index (κ1) is 21.3. The number of rotatable bonds is 6. The molecule has 3 aromatic rings. The maximum Gasteiger partial charge on any atom is 0.238 e. The lowest BCUT2D eigenvalue weighted by molar-refractivity contribution is -0.117. The molecule has 0 radical (unpaired) electrons. The van der Waals surface area contributed by atoms with Crippen molar-refractivity contribution in [3.8, 4) is 28.3 Å². The van der Waals surface area contributed by atoms with Crippen molar-refractivity contribution in [3.05, 3.63) is 53.6 Å². The summed E-state index contributed by atoms with van der Waals surface area (Å²) in [5, 5.41) is 19.6. The Morgan fingerprint density at radius 1 is 1.09 bits per heavy atom. The molecule has 2 aliphatic rings. The van der Waals surface area contributed by atoms with Gasteiger partial charge in [0.2, 0.25) is 5.91 Å². The predicted molar refractivity (Wildman–Crippen MR) is 123 cm³/mol. The number of carbonyl (C=O) groups is 2. The maximum atomic E-state index is 13.5. The van der Waals surface area contributed by atoms with Gasteiger partial charge in [-0.05, 0) is 30.3 Å². The molecule has 2 aromatic carbocycles. The third kappa shape index (κ3) is 3.91. The highest BCUT2D eigenvalue weighted by atomic mass is 16.5. The molecule has 9 nitrogen and oxygen atoms in total. The maximum absolute atomic E-state index is 13.5. The zero-order valence-corrected chi connectivity index (χ0v) is 18.3. The molecule has 3 N–H and O–H groups in total. The number of fused-ring (bicyclic) bond motifs is 3. The first-order chi connectivity index (χ1) is 16.1. The summed E-state index contributed by atoms with van der Waals surface area (Å²) < 4.78 is 5.22. The summed E-state index contributed by atoms with van der Waals surface area (Å²) >= 11 is 0. The van der Waals surface area contributed by atoms with Crippen molar-refractivity contribution in [2.75, 3.05) is 51.9 Å². The number of aromatic amines is 1. The van der Waals surface area contributed by atoms with E-state index in [0.29, 0.717) is 41.3 Å². The first-order valence-electron chi connectivity index (χ1n) is 10.9. The zero-order valence-electron chi connectivity index (χ0n) is 18.3. The average Bonchev–Trinajstić information content (AvgIpc) is 3.40. The standard InChI is InChI=1S/C24H25N5O4/c1-33-16-7-5-15(6-8-16)22-21-23(27-26-22)17-3-2-4-18(20(17)24(21)32)25-19(31)13-28-9-11-29(14-30)12-10-28/h2-8,30H,9-14H2,1H3,(H,25,31)(H,26,27). The minimum Gasteiger partial charge on any atom is -0.497 e. The summed E-state index contributed by atoms with van der Waals surface area (Å²) in [6.07, 6.45) is 0. The number of hydrogen-bond donors (Lipinski definition) is 3. The Bertz CT molecular complexity index is 1200. The van der Waals surface area contributed by atoms with Crippen molar-refractivity contribution >= 4 is 17.4 Å². The van der Waals surface area contributed by atoms with Gasteiger partial charge < -0.3 is 15.2 Å². The number of carbonyl (C=O) groups excluding carboxylic acids is 2. The third-order valence-electron chi connectivity index (χ3n) is 6.22. The zero-order chi connectivity index (χ0) is 22.9. The fourth-order valence-electron chi connectivity index (χ4n) is 4.43. The lowest BCUT2D eigenvalue weighted by Crippen LogP contribution is -2.48. The van der Waals surface area contributed by atoms with Gasteiger partial charge in [0.15, 0.2) is 5.78 Å². The summed E-state index contributed by atoms with van der Waals surface area (Å²) in [7, 11) is 1.60. The Labute approximate surface area is 191 Å². The van der Waals surface area contributed by atoms with Gasteiger partial charge in [-0.2, -0.15) is 5.10 Å². The molecule has 1 aromatic heterocycles. The van der Waals surface area contributed by atoms with Crippen molar-refractivity contribution in [1.82, 2.24) is 20.0 Å². The summed E-state index contributed by atoms with van der Waals surface area (Å²) in [5.74, 6) is 0.396. The predicted octanol–water partition coefficient (Wildman–Crippen LogP) is 1.80. The van der Waals surface area contributed by atoms with Crippen LogP contribution in [0.3, 0.4) is 0 Å². The molecule has 9 heteroatoms. The number of ketones is 1. The van der Waals surface area contributed by atoms with Crippen LogP contribution in [0.1, 0.15) is 15.9 Å². The van der Waals surface area contributed by atoms with Gasteiger partial charge >= 0.3 is 0 Å². The Morgan fingerprint density at radius 2 is 1.82 bits per heavy atom. The van der Waals surface area contributed by atoms with Crippen LogP contribution in [0, 0.1) is 0 Å². The second-order valence-corrected chi connectivity index (χ2v) is 8.19. The Hall–Kier alpha value is -3.53. The van der Waals surface area contributed by atoms with Crippen LogP contribution in [0.25, 0.3) is 22.5 Å². The van der Waals surface area contributed by atoms with Gasteiger partial charge in [0, 0.05) is 37.3 Å². The number of nitrogens with one attached hydrogen (secondary N) is 2. The summed E-state index contributed by atoms with van der Waals surface area (Å²) in [6.45, 7) is 3.13. The highest BCUT2D eigenvalue weighted by molar-refractivity contribution is 6.27. The molecule has 170 valence electrons. The number of aliphatic hydroxyl groups excluding tert-OH is 1. The number of H-pyrrole nitrogens is 1. The van der Waals surface area contributed by atoms with E-state index in [4.69, 9.17) is 4.74 Å². The van der Waals surface area contributed by atoms with E-state index in [0.717, 1.165) is 30.0 Å². The van der Waals surface area contributed by atoms with Gasteiger partial charge in [0.05, 0.1) is 42.9 Å². The van der Waals surface area contributed by atoms with E-state index in [2.05, 4.69) is 15.5 Å². The van der Waals surface area contributed by atoms with Crippen LogP contribution < -0.4 is 10.1 Å². The molecule has 0 bridgehead atoms. The molecule has 1 amide bonds. The molecule has 5 rings (SSSR count). The second-order valence-electron chi connectivity index (χ2n) is 8.19. The van der Waals surface area contributed by atoms with E-state index in [1.807, 2.05) is 46.2 Å². The van der Waals surface area contributed by atoms with Crippen molar-refractivity contribution in [2.24, 2.45) is 0 Å². The number of methoxy groups -OCH3 is 1. The highest BCUT2D eigenvalue weighted by Gasteiger charge is 2.35. The van der Waals surface area contributed by atoms with E-state index < -0.39 is 0 Å². The average molecular weight is 447 g/mol. The van der Waals surface area contributed by atoms with Crippen LogP contribution in [-0.4, -0.2) is 83.4 Å². The molecule has 0 unspecified atom stereocenters. The second kappa shape index (κ2) is 8.78. The molecule has 1 fully saturated rings. The van der Waals surface area contributed by atoms with Crippen LogP contribution in [0.15, 0.2) is 42.5 Å². The Morgan fingerprint density at radius 3 is 2.52 bits per heavy atom. The lowest BCUT2D eigenvalue weighted by Gasteiger charge is -2.32. The van der Waals surface area contributed by atoms with Gasteiger partial charge in [0.1, 0.15) is 11.4 Å². The fraction of sp³-hybridized carbons (Fsp3) is 0.292. The molecular weight excluding hydrogens is 422 g/mol. The normalized spacial score (nSPS) is 15.9. The smallest absolute Gasteiger partial charge is 0.238 e. The Balaban J connectivity index is 1.36. The first-order valence-corrected chi connectivity index (χ1v) is 10.9. The summed E-state index contributed by atoms with van der Waals surface area (Å²) in [4.78, 5) is 30.2. The van der Waals surface area contributed by atoms with E-state index in [-0.39, 0.29) is 25.0 Å². The molecule has 2 heterocycles. The van der Waals surface area contributed by atoms with Gasteiger partial charge in [0.25, 0.3) is 0 Å². The molecule has 1 saturated heterocycles. The molecule has 1 aliphatic carbocycles.